The lowest BCUT2D eigenvalue weighted by Gasteiger charge is -2.20. The summed E-state index contributed by atoms with van der Waals surface area (Å²) >= 11 is 0. The highest BCUT2D eigenvalue weighted by molar-refractivity contribution is 5.82. The molecule has 0 aromatic heterocycles. The monoisotopic (exact) mass is 223 g/mol. The lowest BCUT2D eigenvalue weighted by Crippen LogP contribution is -2.29. The third kappa shape index (κ3) is 1.88. The first-order valence-electron chi connectivity index (χ1n) is 4.76. The van der Waals surface area contributed by atoms with E-state index in [0.717, 1.165) is 0 Å². The highest BCUT2D eigenvalue weighted by Gasteiger charge is 2.36. The molecule has 0 unspecified atom stereocenters. The van der Waals surface area contributed by atoms with E-state index in [1.54, 1.807) is 19.1 Å². The molecule has 0 spiro atoms. The van der Waals surface area contributed by atoms with Crippen LogP contribution in [0.4, 0.5) is 5.69 Å². The summed E-state index contributed by atoms with van der Waals surface area (Å²) in [7, 11) is 0. The minimum atomic E-state index is -1.27. The lowest BCUT2D eigenvalue weighted by molar-refractivity contribution is -0.386. The van der Waals surface area contributed by atoms with Crippen LogP contribution in [0.1, 0.15) is 25.0 Å². The molecule has 1 aromatic carbocycles. The third-order valence-electron chi connectivity index (χ3n) is 2.63. The van der Waals surface area contributed by atoms with Gasteiger partial charge in [-0.2, -0.15) is 0 Å². The van der Waals surface area contributed by atoms with Crippen LogP contribution in [0.5, 0.6) is 0 Å². The second kappa shape index (κ2) is 3.92. The Morgan fingerprint density at radius 1 is 1.44 bits per heavy atom. The van der Waals surface area contributed by atoms with Crippen molar-refractivity contribution in [2.75, 3.05) is 0 Å². The number of nitrogens with zero attached hydrogens (tertiary/aromatic N) is 1. The van der Waals surface area contributed by atoms with Crippen LogP contribution in [0.25, 0.3) is 0 Å². The first-order valence-corrected chi connectivity index (χ1v) is 4.76. The fourth-order valence-corrected chi connectivity index (χ4v) is 1.52. The quantitative estimate of drug-likeness (QED) is 0.629. The second-order valence-electron chi connectivity index (χ2n) is 4.16. The van der Waals surface area contributed by atoms with E-state index in [2.05, 4.69) is 0 Å². The maximum absolute atomic E-state index is 11.1. The number of nitro benzene ring substituents is 1. The molecular weight excluding hydrogens is 210 g/mol. The van der Waals surface area contributed by atoms with Crippen LogP contribution in [0, 0.1) is 17.0 Å². The Morgan fingerprint density at radius 2 is 2.00 bits per heavy atom. The van der Waals surface area contributed by atoms with Gasteiger partial charge in [-0.15, -0.1) is 0 Å². The fourth-order valence-electron chi connectivity index (χ4n) is 1.52. The summed E-state index contributed by atoms with van der Waals surface area (Å²) < 4.78 is 0. The number of carboxylic acids is 1. The van der Waals surface area contributed by atoms with E-state index in [1.807, 2.05) is 0 Å². The van der Waals surface area contributed by atoms with E-state index in [0.29, 0.717) is 5.56 Å². The van der Waals surface area contributed by atoms with Gasteiger partial charge in [-0.3, -0.25) is 14.9 Å². The second-order valence-corrected chi connectivity index (χ2v) is 4.16. The van der Waals surface area contributed by atoms with Gasteiger partial charge in [-0.05, 0) is 20.8 Å². The number of hydrogen-bond acceptors (Lipinski definition) is 3. The van der Waals surface area contributed by atoms with Gasteiger partial charge < -0.3 is 5.11 Å². The predicted octanol–water partition coefficient (Wildman–Crippen LogP) is 2.27. The van der Waals surface area contributed by atoms with Crippen molar-refractivity contribution in [2.24, 2.45) is 0 Å². The van der Waals surface area contributed by atoms with E-state index in [-0.39, 0.29) is 11.3 Å². The van der Waals surface area contributed by atoms with Crippen LogP contribution in [0.3, 0.4) is 0 Å². The average molecular weight is 223 g/mol. The highest BCUT2D eigenvalue weighted by atomic mass is 16.6. The first-order chi connectivity index (χ1) is 7.28. The number of aryl methyl sites for hydroxylation is 1. The molecule has 0 amide bonds. The van der Waals surface area contributed by atoms with Crippen LogP contribution in [0.15, 0.2) is 18.2 Å². The smallest absolute Gasteiger partial charge is 0.313 e. The molecule has 0 aliphatic heterocycles. The molecule has 0 fully saturated rings. The van der Waals surface area contributed by atoms with Gasteiger partial charge in [0.25, 0.3) is 5.69 Å². The van der Waals surface area contributed by atoms with E-state index in [1.165, 1.54) is 19.9 Å². The zero-order valence-corrected chi connectivity index (χ0v) is 9.35. The van der Waals surface area contributed by atoms with Gasteiger partial charge in [0, 0.05) is 11.1 Å². The lowest BCUT2D eigenvalue weighted by atomic mass is 9.83. The number of aliphatic carboxylic acids is 1. The van der Waals surface area contributed by atoms with E-state index >= 15 is 0 Å². The van der Waals surface area contributed by atoms with Crippen molar-refractivity contribution < 1.29 is 14.8 Å². The number of para-hydroxylation sites is 1. The molecule has 0 radical (unpaired) electrons. The van der Waals surface area contributed by atoms with Crippen molar-refractivity contribution in [2.45, 2.75) is 26.2 Å². The standard InChI is InChI=1S/C11H13NO4/c1-7-5-4-6-8(9(7)12(15)16)11(2,3)10(13)14/h4-6H,1-3H3,(H,13,14). The molecule has 0 bridgehead atoms. The van der Waals surface area contributed by atoms with Crippen LogP contribution in [0.2, 0.25) is 0 Å². The zero-order chi connectivity index (χ0) is 12.5. The highest BCUT2D eigenvalue weighted by Crippen LogP contribution is 2.33. The Morgan fingerprint density at radius 3 is 2.44 bits per heavy atom. The molecule has 1 aromatic rings. The molecule has 16 heavy (non-hydrogen) atoms. The van der Waals surface area contributed by atoms with Gasteiger partial charge in [-0.1, -0.05) is 18.2 Å². The van der Waals surface area contributed by atoms with Gasteiger partial charge in [0.1, 0.15) is 0 Å². The molecule has 0 atom stereocenters. The van der Waals surface area contributed by atoms with Crippen molar-refractivity contribution in [1.82, 2.24) is 0 Å². The van der Waals surface area contributed by atoms with Gasteiger partial charge in [-0.25, -0.2) is 0 Å². The molecule has 1 rings (SSSR count). The first kappa shape index (κ1) is 12.2. The van der Waals surface area contributed by atoms with Crippen LogP contribution in [-0.2, 0) is 10.2 Å². The van der Waals surface area contributed by atoms with Gasteiger partial charge >= 0.3 is 5.97 Å². The van der Waals surface area contributed by atoms with Crippen molar-refractivity contribution in [1.29, 1.82) is 0 Å². The van der Waals surface area contributed by atoms with E-state index in [4.69, 9.17) is 5.11 Å². The Bertz CT molecular complexity index is 451. The summed E-state index contributed by atoms with van der Waals surface area (Å²) in [6, 6.07) is 4.71. The number of carbonyl (C=O) groups is 1. The molecule has 0 saturated heterocycles. The minimum Gasteiger partial charge on any atom is -0.481 e. The minimum absolute atomic E-state index is 0.116. The molecular formula is C11H13NO4. The Balaban J connectivity index is 3.51. The van der Waals surface area contributed by atoms with Crippen LogP contribution < -0.4 is 0 Å². The number of hydrogen-bond donors (Lipinski definition) is 1. The summed E-state index contributed by atoms with van der Waals surface area (Å²) in [5, 5.41) is 20.0. The molecule has 0 aliphatic carbocycles. The summed E-state index contributed by atoms with van der Waals surface area (Å²) in [4.78, 5) is 21.5. The molecule has 0 heterocycles. The normalized spacial score (nSPS) is 11.2. The summed E-state index contributed by atoms with van der Waals surface area (Å²) in [5.41, 5.74) is -0.689. The molecule has 1 N–H and O–H groups in total. The third-order valence-corrected chi connectivity index (χ3v) is 2.63. The van der Waals surface area contributed by atoms with E-state index in [9.17, 15) is 14.9 Å². The molecule has 0 saturated carbocycles. The number of rotatable bonds is 3. The number of benzene rings is 1. The van der Waals surface area contributed by atoms with Crippen molar-refractivity contribution in [3.8, 4) is 0 Å². The van der Waals surface area contributed by atoms with Crippen LogP contribution >= 0.6 is 0 Å². The predicted molar refractivity (Wildman–Crippen MR) is 58.5 cm³/mol. The van der Waals surface area contributed by atoms with E-state index < -0.39 is 16.3 Å². The van der Waals surface area contributed by atoms with Gasteiger partial charge in [0.05, 0.1) is 10.3 Å². The Hall–Kier alpha value is -1.91. The Kier molecular flexibility index (Phi) is 2.98. The zero-order valence-electron chi connectivity index (χ0n) is 9.35. The van der Waals surface area contributed by atoms with Gasteiger partial charge in [0.15, 0.2) is 0 Å². The fraction of sp³-hybridized carbons (Fsp3) is 0.364. The molecule has 5 nitrogen and oxygen atoms in total. The Labute approximate surface area is 92.9 Å². The summed E-state index contributed by atoms with van der Waals surface area (Å²) in [6.45, 7) is 4.51. The van der Waals surface area contributed by atoms with Gasteiger partial charge in [0.2, 0.25) is 0 Å². The summed E-state index contributed by atoms with van der Waals surface area (Å²) in [5.74, 6) is -1.08. The SMILES string of the molecule is Cc1cccc(C(C)(C)C(=O)O)c1[N+](=O)[O-]. The summed E-state index contributed by atoms with van der Waals surface area (Å²) in [6.07, 6.45) is 0. The topological polar surface area (TPSA) is 80.4 Å². The van der Waals surface area contributed by atoms with Crippen molar-refractivity contribution >= 4 is 11.7 Å². The number of carboxylic acid groups (broad SMARTS) is 1. The van der Waals surface area contributed by atoms with Crippen molar-refractivity contribution in [3.05, 3.63) is 39.4 Å². The largest absolute Gasteiger partial charge is 0.481 e. The van der Waals surface area contributed by atoms with Crippen LogP contribution in [-0.4, -0.2) is 16.0 Å². The molecule has 5 heteroatoms. The maximum Gasteiger partial charge on any atom is 0.313 e. The maximum atomic E-state index is 11.1. The number of nitro groups is 1. The molecule has 86 valence electrons. The molecule has 0 aliphatic rings. The van der Waals surface area contributed by atoms with Crippen molar-refractivity contribution in [3.63, 3.8) is 0 Å². The average Bonchev–Trinajstić information content (AvgIpc) is 2.16.